The number of rotatable bonds is 8. The Bertz CT molecular complexity index is 1260. The van der Waals surface area contributed by atoms with Gasteiger partial charge >= 0.3 is 0 Å². The van der Waals surface area contributed by atoms with Crippen LogP contribution in [-0.4, -0.2) is 37.3 Å². The molecule has 1 amide bonds. The van der Waals surface area contributed by atoms with Gasteiger partial charge in [0.05, 0.1) is 19.9 Å². The van der Waals surface area contributed by atoms with E-state index >= 15 is 0 Å². The maximum absolute atomic E-state index is 13.0. The summed E-state index contributed by atoms with van der Waals surface area (Å²) in [6.07, 6.45) is 1.61. The van der Waals surface area contributed by atoms with Crippen molar-refractivity contribution in [2.24, 2.45) is 0 Å². The molecule has 0 saturated heterocycles. The van der Waals surface area contributed by atoms with Crippen molar-refractivity contribution in [3.05, 3.63) is 71.4 Å². The number of carbonyl (C=O) groups excluding carboxylic acids is 1. The maximum Gasteiger partial charge on any atom is 0.256 e. The molecule has 0 spiro atoms. The fraction of sp³-hybridized carbons (Fsp3) is 0.360. The number of hydrogen-bond acceptors (Lipinski definition) is 5. The predicted octanol–water partition coefficient (Wildman–Crippen LogP) is 4.18. The number of methoxy groups -OCH3 is 1. The van der Waals surface area contributed by atoms with Gasteiger partial charge < -0.3 is 10.1 Å². The van der Waals surface area contributed by atoms with E-state index in [4.69, 9.17) is 4.74 Å². The molecule has 2 aromatic carbocycles. The fourth-order valence-corrected chi connectivity index (χ4v) is 4.88. The molecular formula is C25H32N4O4S. The zero-order chi connectivity index (χ0) is 25.1. The standard InChI is InChI=1S/C25H32N4O4S/c1-17(2)28-34(31,32)22-15-19(9-12-21(22)33-6)24(30)27-23-13-14-26-29(23)16-18-7-10-20(11-8-18)25(3,4)5/h7-15,17,28H,16H2,1-6H3,(H,27,30). The molecule has 1 aromatic heterocycles. The Kier molecular flexibility index (Phi) is 7.48. The van der Waals surface area contributed by atoms with E-state index in [2.05, 4.69) is 60.2 Å². The molecule has 0 radical (unpaired) electrons. The summed E-state index contributed by atoms with van der Waals surface area (Å²) in [6.45, 7) is 10.4. The van der Waals surface area contributed by atoms with Crippen molar-refractivity contribution in [1.29, 1.82) is 0 Å². The smallest absolute Gasteiger partial charge is 0.256 e. The Balaban J connectivity index is 1.81. The van der Waals surface area contributed by atoms with Crippen LogP contribution in [0.15, 0.2) is 59.6 Å². The summed E-state index contributed by atoms with van der Waals surface area (Å²) in [5, 5.41) is 7.15. The minimum absolute atomic E-state index is 0.0682. The molecule has 0 saturated carbocycles. The van der Waals surface area contributed by atoms with E-state index in [0.29, 0.717) is 12.4 Å². The highest BCUT2D eigenvalue weighted by atomic mass is 32.2. The van der Waals surface area contributed by atoms with Gasteiger partial charge in [0.25, 0.3) is 5.91 Å². The monoisotopic (exact) mass is 484 g/mol. The molecule has 0 fully saturated rings. The number of sulfonamides is 1. The van der Waals surface area contributed by atoms with E-state index in [0.717, 1.165) is 5.56 Å². The van der Waals surface area contributed by atoms with Gasteiger partial charge in [-0.05, 0) is 48.6 Å². The minimum Gasteiger partial charge on any atom is -0.495 e. The molecule has 2 N–H and O–H groups in total. The van der Waals surface area contributed by atoms with Crippen molar-refractivity contribution in [3.63, 3.8) is 0 Å². The Hall–Kier alpha value is -3.17. The summed E-state index contributed by atoms with van der Waals surface area (Å²) in [7, 11) is -2.47. The van der Waals surface area contributed by atoms with Gasteiger partial charge in [-0.15, -0.1) is 0 Å². The molecular weight excluding hydrogens is 452 g/mol. The van der Waals surface area contributed by atoms with Crippen molar-refractivity contribution in [1.82, 2.24) is 14.5 Å². The van der Waals surface area contributed by atoms with Crippen LogP contribution >= 0.6 is 0 Å². The number of nitrogens with zero attached hydrogens (tertiary/aromatic N) is 2. The Morgan fingerprint density at radius 3 is 2.35 bits per heavy atom. The van der Waals surface area contributed by atoms with Crippen molar-refractivity contribution >= 4 is 21.7 Å². The third-order valence-corrected chi connectivity index (χ3v) is 6.90. The molecule has 3 aromatic rings. The average molecular weight is 485 g/mol. The number of anilines is 1. The zero-order valence-corrected chi connectivity index (χ0v) is 21.2. The van der Waals surface area contributed by atoms with E-state index < -0.39 is 15.9 Å². The highest BCUT2D eigenvalue weighted by Crippen LogP contribution is 2.26. The molecule has 34 heavy (non-hydrogen) atoms. The second-order valence-electron chi connectivity index (χ2n) is 9.42. The third-order valence-electron chi connectivity index (χ3n) is 5.22. The van der Waals surface area contributed by atoms with Gasteiger partial charge in [-0.1, -0.05) is 45.0 Å². The van der Waals surface area contributed by atoms with Gasteiger partial charge in [0.15, 0.2) is 0 Å². The van der Waals surface area contributed by atoms with E-state index in [9.17, 15) is 13.2 Å². The summed E-state index contributed by atoms with van der Waals surface area (Å²) >= 11 is 0. The summed E-state index contributed by atoms with van der Waals surface area (Å²) in [5.41, 5.74) is 2.54. The summed E-state index contributed by atoms with van der Waals surface area (Å²) in [4.78, 5) is 12.9. The third kappa shape index (κ3) is 6.03. The van der Waals surface area contributed by atoms with Gasteiger partial charge in [0, 0.05) is 17.7 Å². The number of ether oxygens (including phenoxy) is 1. The lowest BCUT2D eigenvalue weighted by Crippen LogP contribution is -2.30. The van der Waals surface area contributed by atoms with Crippen molar-refractivity contribution < 1.29 is 17.9 Å². The fourth-order valence-electron chi connectivity index (χ4n) is 3.44. The number of carbonyl (C=O) groups is 1. The lowest BCUT2D eigenvalue weighted by molar-refractivity contribution is 0.102. The van der Waals surface area contributed by atoms with Gasteiger partial charge in [0.2, 0.25) is 10.0 Å². The van der Waals surface area contributed by atoms with Crippen LogP contribution in [0.3, 0.4) is 0 Å². The average Bonchev–Trinajstić information content (AvgIpc) is 3.18. The molecule has 3 rings (SSSR count). The largest absolute Gasteiger partial charge is 0.495 e. The molecule has 9 heteroatoms. The Morgan fingerprint density at radius 2 is 1.76 bits per heavy atom. The lowest BCUT2D eigenvalue weighted by atomic mass is 9.87. The molecule has 0 atom stereocenters. The molecule has 0 aliphatic rings. The number of aromatic nitrogens is 2. The molecule has 0 bridgehead atoms. The van der Waals surface area contributed by atoms with Crippen LogP contribution in [0.2, 0.25) is 0 Å². The highest BCUT2D eigenvalue weighted by molar-refractivity contribution is 7.89. The van der Waals surface area contributed by atoms with Crippen molar-refractivity contribution in [2.75, 3.05) is 12.4 Å². The number of hydrogen-bond donors (Lipinski definition) is 2. The van der Waals surface area contributed by atoms with Crippen LogP contribution in [0, 0.1) is 0 Å². The summed E-state index contributed by atoms with van der Waals surface area (Å²) in [6, 6.07) is 14.0. The van der Waals surface area contributed by atoms with E-state index in [-0.39, 0.29) is 27.7 Å². The first-order chi connectivity index (χ1) is 15.9. The molecule has 0 aliphatic heterocycles. The normalized spacial score (nSPS) is 12.1. The first kappa shape index (κ1) is 25.5. The van der Waals surface area contributed by atoms with E-state index in [1.807, 2.05) is 0 Å². The van der Waals surface area contributed by atoms with Crippen LogP contribution in [0.5, 0.6) is 5.75 Å². The van der Waals surface area contributed by atoms with Crippen LogP contribution in [-0.2, 0) is 22.0 Å². The first-order valence-corrected chi connectivity index (χ1v) is 12.5. The topological polar surface area (TPSA) is 102 Å². The first-order valence-electron chi connectivity index (χ1n) is 11.0. The van der Waals surface area contributed by atoms with Crippen LogP contribution in [0.1, 0.15) is 56.1 Å². The molecule has 0 unspecified atom stereocenters. The van der Waals surface area contributed by atoms with Crippen LogP contribution in [0.25, 0.3) is 0 Å². The minimum atomic E-state index is -3.86. The number of nitrogens with one attached hydrogen (secondary N) is 2. The predicted molar refractivity (Wildman–Crippen MR) is 133 cm³/mol. The molecule has 8 nitrogen and oxygen atoms in total. The zero-order valence-electron chi connectivity index (χ0n) is 20.4. The second-order valence-corrected chi connectivity index (χ2v) is 11.1. The summed E-state index contributed by atoms with van der Waals surface area (Å²) in [5.74, 6) is 0.215. The second kappa shape index (κ2) is 9.99. The molecule has 1 heterocycles. The quantitative estimate of drug-likeness (QED) is 0.499. The maximum atomic E-state index is 13.0. The van der Waals surface area contributed by atoms with Crippen LogP contribution in [0.4, 0.5) is 5.82 Å². The van der Waals surface area contributed by atoms with Gasteiger partial charge in [-0.25, -0.2) is 17.8 Å². The van der Waals surface area contributed by atoms with Gasteiger partial charge in [-0.2, -0.15) is 5.10 Å². The van der Waals surface area contributed by atoms with Crippen LogP contribution < -0.4 is 14.8 Å². The van der Waals surface area contributed by atoms with E-state index in [1.165, 1.54) is 30.9 Å². The SMILES string of the molecule is COc1ccc(C(=O)Nc2ccnn2Cc2ccc(C(C)(C)C)cc2)cc1S(=O)(=O)NC(C)C. The van der Waals surface area contributed by atoms with Gasteiger partial charge in [0.1, 0.15) is 16.5 Å². The highest BCUT2D eigenvalue weighted by Gasteiger charge is 2.23. The Labute approximate surface area is 201 Å². The number of amides is 1. The van der Waals surface area contributed by atoms with Gasteiger partial charge in [-0.3, -0.25) is 4.79 Å². The van der Waals surface area contributed by atoms with E-state index in [1.54, 1.807) is 30.8 Å². The molecule has 182 valence electrons. The van der Waals surface area contributed by atoms with Crippen molar-refractivity contribution in [3.8, 4) is 5.75 Å². The summed E-state index contributed by atoms with van der Waals surface area (Å²) < 4.78 is 34.8. The van der Waals surface area contributed by atoms with Crippen molar-refractivity contribution in [2.45, 2.75) is 57.5 Å². The molecule has 0 aliphatic carbocycles. The number of benzene rings is 2. The Morgan fingerprint density at radius 1 is 1.09 bits per heavy atom. The lowest BCUT2D eigenvalue weighted by Gasteiger charge is -2.19.